The number of likely N-dealkylation sites (N-methyl/N-ethyl adjacent to an activating group) is 1. The molecule has 2 amide bonds. The predicted molar refractivity (Wildman–Crippen MR) is 155 cm³/mol. The lowest BCUT2D eigenvalue weighted by atomic mass is 10.1. The van der Waals surface area contributed by atoms with Gasteiger partial charge >= 0.3 is 0 Å². The number of halogens is 1. The lowest BCUT2D eigenvalue weighted by molar-refractivity contribution is -0.123. The number of aromatic nitrogens is 2. The van der Waals surface area contributed by atoms with Crippen molar-refractivity contribution < 1.29 is 22.7 Å². The number of nitrogens with zero attached hydrogens (tertiary/aromatic N) is 2. The molecule has 0 aliphatic rings. The molecule has 40 heavy (non-hydrogen) atoms. The molecule has 5 N–H and O–H groups in total. The zero-order valence-corrected chi connectivity index (χ0v) is 24.2. The van der Waals surface area contributed by atoms with Gasteiger partial charge in [-0.15, -0.1) is 11.3 Å². The van der Waals surface area contributed by atoms with Crippen molar-refractivity contribution >= 4 is 61.5 Å². The molecule has 4 rings (SSSR count). The van der Waals surface area contributed by atoms with Crippen molar-refractivity contribution in [3.8, 4) is 5.75 Å². The Morgan fingerprint density at radius 2 is 1.90 bits per heavy atom. The minimum absolute atomic E-state index is 0.0694. The number of hydrogen-bond donors (Lipinski definition) is 4. The zero-order valence-electron chi connectivity index (χ0n) is 21.8. The highest BCUT2D eigenvalue weighted by molar-refractivity contribution is 7.94. The van der Waals surface area contributed by atoms with Crippen molar-refractivity contribution in [3.63, 3.8) is 0 Å². The molecule has 1 atom stereocenters. The van der Waals surface area contributed by atoms with E-state index < -0.39 is 22.0 Å². The number of carbonyl (C=O) groups is 2. The normalized spacial score (nSPS) is 12.3. The van der Waals surface area contributed by atoms with Crippen LogP contribution >= 0.6 is 22.9 Å². The van der Waals surface area contributed by atoms with Crippen LogP contribution < -0.4 is 25.8 Å². The van der Waals surface area contributed by atoms with Crippen molar-refractivity contribution in [2.24, 2.45) is 5.73 Å². The Kier molecular flexibility index (Phi) is 9.30. The first-order valence-electron chi connectivity index (χ1n) is 12.2. The van der Waals surface area contributed by atoms with Gasteiger partial charge in [0.05, 0.1) is 34.9 Å². The lowest BCUT2D eigenvalue weighted by Crippen LogP contribution is -2.42. The summed E-state index contributed by atoms with van der Waals surface area (Å²) in [6, 6.07) is 15.4. The topological polar surface area (TPSA) is 157 Å². The minimum Gasteiger partial charge on any atom is -0.496 e. The van der Waals surface area contributed by atoms with E-state index >= 15 is 0 Å². The molecule has 0 aliphatic heterocycles. The van der Waals surface area contributed by atoms with Crippen LogP contribution in [0.2, 0.25) is 4.34 Å². The molecular weight excluding hydrogens is 576 g/mol. The van der Waals surface area contributed by atoms with E-state index in [9.17, 15) is 18.0 Å². The summed E-state index contributed by atoms with van der Waals surface area (Å²) < 4.78 is 36.3. The highest BCUT2D eigenvalue weighted by atomic mass is 35.5. The fraction of sp³-hybridized carbons (Fsp3) is 0.269. The maximum atomic E-state index is 13.0. The quantitative estimate of drug-likeness (QED) is 0.183. The van der Waals surface area contributed by atoms with Crippen molar-refractivity contribution in [1.29, 1.82) is 0 Å². The van der Waals surface area contributed by atoms with E-state index in [2.05, 4.69) is 20.5 Å². The first-order chi connectivity index (χ1) is 19.1. The largest absolute Gasteiger partial charge is 0.496 e. The van der Waals surface area contributed by atoms with Gasteiger partial charge in [-0.2, -0.15) is 5.10 Å². The van der Waals surface area contributed by atoms with Crippen LogP contribution in [0.1, 0.15) is 24.0 Å². The van der Waals surface area contributed by atoms with E-state index in [1.165, 1.54) is 19.2 Å². The van der Waals surface area contributed by atoms with Gasteiger partial charge in [0.25, 0.3) is 10.0 Å². The Morgan fingerprint density at radius 1 is 1.15 bits per heavy atom. The molecule has 0 bridgehead atoms. The van der Waals surface area contributed by atoms with Crippen molar-refractivity contribution in [2.45, 2.75) is 36.2 Å². The molecule has 1 unspecified atom stereocenters. The van der Waals surface area contributed by atoms with Gasteiger partial charge in [0.2, 0.25) is 11.8 Å². The molecule has 0 radical (unpaired) electrons. The molecule has 2 aromatic heterocycles. The van der Waals surface area contributed by atoms with Gasteiger partial charge in [0.15, 0.2) is 5.82 Å². The highest BCUT2D eigenvalue weighted by Gasteiger charge is 2.23. The monoisotopic (exact) mass is 604 g/mol. The molecule has 0 aliphatic carbocycles. The molecule has 0 fully saturated rings. The first-order valence-corrected chi connectivity index (χ1v) is 14.9. The van der Waals surface area contributed by atoms with Gasteiger partial charge in [0, 0.05) is 13.0 Å². The number of methoxy groups -OCH3 is 1. The maximum Gasteiger partial charge on any atom is 0.272 e. The van der Waals surface area contributed by atoms with Crippen LogP contribution in [0.3, 0.4) is 0 Å². The molecule has 212 valence electrons. The van der Waals surface area contributed by atoms with Gasteiger partial charge in [-0.05, 0) is 48.9 Å². The Morgan fingerprint density at radius 3 is 2.58 bits per heavy atom. The number of benzene rings is 2. The Hall–Kier alpha value is -3.65. The van der Waals surface area contributed by atoms with Gasteiger partial charge in [-0.25, -0.2) is 8.42 Å². The summed E-state index contributed by atoms with van der Waals surface area (Å²) in [4.78, 5) is 23.6. The summed E-state index contributed by atoms with van der Waals surface area (Å²) in [5, 5.41) is 10.9. The van der Waals surface area contributed by atoms with E-state index in [4.69, 9.17) is 22.1 Å². The number of nitrogens with one attached hydrogen (secondary N) is 3. The van der Waals surface area contributed by atoms with E-state index in [1.54, 1.807) is 23.9 Å². The second-order valence-electron chi connectivity index (χ2n) is 8.91. The fourth-order valence-electron chi connectivity index (χ4n) is 4.20. The van der Waals surface area contributed by atoms with E-state index in [0.717, 1.165) is 22.5 Å². The number of amides is 2. The summed E-state index contributed by atoms with van der Waals surface area (Å²) in [6.45, 7) is 0.610. The van der Waals surface area contributed by atoms with E-state index in [0.29, 0.717) is 34.0 Å². The van der Waals surface area contributed by atoms with Crippen LogP contribution in [-0.4, -0.2) is 50.2 Å². The summed E-state index contributed by atoms with van der Waals surface area (Å²) in [5.74, 6) is -0.0910. The van der Waals surface area contributed by atoms with Crippen LogP contribution in [0.15, 0.2) is 58.8 Å². The van der Waals surface area contributed by atoms with Crippen LogP contribution in [0.25, 0.3) is 10.9 Å². The van der Waals surface area contributed by atoms with Gasteiger partial charge in [0.1, 0.15) is 9.96 Å². The van der Waals surface area contributed by atoms with Crippen LogP contribution in [0.4, 0.5) is 5.82 Å². The number of nitrogens with two attached hydrogens (primary N) is 1. The van der Waals surface area contributed by atoms with Crippen molar-refractivity contribution in [2.75, 3.05) is 18.9 Å². The van der Waals surface area contributed by atoms with Crippen LogP contribution in [0, 0.1) is 0 Å². The number of sulfonamides is 1. The van der Waals surface area contributed by atoms with Gasteiger partial charge in [-0.1, -0.05) is 41.9 Å². The Bertz CT molecular complexity index is 1640. The van der Waals surface area contributed by atoms with Crippen LogP contribution in [0.5, 0.6) is 5.75 Å². The minimum atomic E-state index is -3.93. The van der Waals surface area contributed by atoms with Crippen molar-refractivity contribution in [3.05, 3.63) is 70.1 Å². The van der Waals surface area contributed by atoms with Crippen molar-refractivity contribution in [1.82, 2.24) is 20.4 Å². The molecule has 0 spiro atoms. The highest BCUT2D eigenvalue weighted by Crippen LogP contribution is 2.35. The number of fused-ring (bicyclic) bond motifs is 1. The number of thiophene rings is 1. The molecule has 4 aromatic rings. The van der Waals surface area contributed by atoms with Gasteiger partial charge in [-0.3, -0.25) is 19.0 Å². The summed E-state index contributed by atoms with van der Waals surface area (Å²) in [6.07, 6.45) is 0.412. The average molecular weight is 605 g/mol. The van der Waals surface area contributed by atoms with E-state index in [1.807, 2.05) is 30.3 Å². The van der Waals surface area contributed by atoms with E-state index in [-0.39, 0.29) is 28.9 Å². The smallest absolute Gasteiger partial charge is 0.272 e. The SMILES string of the molecule is CNC(CCC(N)=O)C(=O)NCc1cccc(Cn2nc(NS(=O)(=O)c3ccc(Cl)s3)c3c(OC)cccc32)c1. The van der Waals surface area contributed by atoms with Gasteiger partial charge < -0.3 is 21.1 Å². The second-order valence-corrected chi connectivity index (χ2v) is 12.5. The molecule has 11 nitrogen and oxygen atoms in total. The number of rotatable bonds is 13. The fourth-order valence-corrected chi connectivity index (χ4v) is 6.69. The number of primary amides is 1. The standard InChI is InChI=1S/C26H29ClN6O5S2/c1-29-18(9-11-22(28)34)26(35)30-14-16-5-3-6-17(13-16)15-33-19-7-4-8-20(38-2)24(19)25(31-33)32-40(36,37)23-12-10-21(27)39-23/h3-8,10,12-13,18,29H,9,11,14-15H2,1-2H3,(H2,28,34)(H,30,35)(H,31,32). The predicted octanol–water partition coefficient (Wildman–Crippen LogP) is 3.08. The zero-order chi connectivity index (χ0) is 28.9. The third-order valence-corrected chi connectivity index (χ3v) is 9.20. The summed E-state index contributed by atoms with van der Waals surface area (Å²) in [5.41, 5.74) is 7.62. The number of carbonyl (C=O) groups excluding carboxylic acids is 2. The Labute approximate surface area is 240 Å². The third kappa shape index (κ3) is 6.91. The molecule has 0 saturated carbocycles. The summed E-state index contributed by atoms with van der Waals surface area (Å²) in [7, 11) is -0.768. The third-order valence-electron chi connectivity index (χ3n) is 6.14. The summed E-state index contributed by atoms with van der Waals surface area (Å²) >= 11 is 6.90. The Balaban J connectivity index is 1.56. The second kappa shape index (κ2) is 12.7. The molecule has 14 heteroatoms. The first kappa shape index (κ1) is 29.3. The number of hydrogen-bond acceptors (Lipinski definition) is 8. The molecular formula is C26H29ClN6O5S2. The lowest BCUT2D eigenvalue weighted by Gasteiger charge is -2.15. The molecule has 0 saturated heterocycles. The van der Waals surface area contributed by atoms with Crippen LogP contribution in [-0.2, 0) is 32.7 Å². The number of anilines is 1. The number of ether oxygens (including phenoxy) is 1. The molecule has 2 heterocycles. The average Bonchev–Trinajstić information content (AvgIpc) is 3.51. The maximum absolute atomic E-state index is 13.0. The molecule has 2 aromatic carbocycles.